The lowest BCUT2D eigenvalue weighted by Gasteiger charge is -2.15. The Labute approximate surface area is 318 Å². The van der Waals surface area contributed by atoms with Crippen LogP contribution in [0.3, 0.4) is 0 Å². The molecule has 0 saturated carbocycles. The minimum atomic E-state index is -1.29. The van der Waals surface area contributed by atoms with E-state index >= 15 is 0 Å². The zero-order chi connectivity index (χ0) is 40.2. The van der Waals surface area contributed by atoms with Crippen molar-refractivity contribution in [2.24, 2.45) is 0 Å². The van der Waals surface area contributed by atoms with Crippen LogP contribution >= 0.6 is 0 Å². The van der Waals surface area contributed by atoms with Gasteiger partial charge in [0.05, 0.1) is 26.4 Å². The molecule has 0 aromatic heterocycles. The number of carboxylic acid groups (broad SMARTS) is 3. The Bertz CT molecular complexity index is 1080. The van der Waals surface area contributed by atoms with Crippen molar-refractivity contribution in [1.82, 2.24) is 26.6 Å². The largest absolute Gasteiger partial charge is 0.481 e. The average molecular weight is 776 g/mol. The average Bonchev–Trinajstić information content (AvgIpc) is 3.12. The number of aliphatic carboxylic acids is 3. The normalized spacial score (nSPS) is 12.0. The summed E-state index contributed by atoms with van der Waals surface area (Å²) in [6.07, 6.45) is 8.37. The van der Waals surface area contributed by atoms with Crippen molar-refractivity contribution in [3.63, 3.8) is 0 Å². The van der Waals surface area contributed by atoms with E-state index in [9.17, 15) is 38.7 Å². The van der Waals surface area contributed by atoms with Gasteiger partial charge in [0.15, 0.2) is 0 Å². The lowest BCUT2D eigenvalue weighted by atomic mass is 10.1. The molecular weight excluding hydrogens is 710 g/mol. The maximum atomic E-state index is 12.2. The molecule has 8 N–H and O–H groups in total. The highest BCUT2D eigenvalue weighted by molar-refractivity contribution is 5.87. The smallest absolute Gasteiger partial charge is 0.326 e. The van der Waals surface area contributed by atoms with Crippen LogP contribution in [0.1, 0.15) is 109 Å². The van der Waals surface area contributed by atoms with Crippen molar-refractivity contribution < 1.29 is 63.1 Å². The van der Waals surface area contributed by atoms with Crippen LogP contribution in [0.2, 0.25) is 0 Å². The lowest BCUT2D eigenvalue weighted by Crippen LogP contribution is -2.42. The van der Waals surface area contributed by atoms with E-state index in [0.717, 1.165) is 32.1 Å². The number of carbonyl (C=O) groups excluding carboxylic acids is 4. The predicted octanol–water partition coefficient (Wildman–Crippen LogP) is 1.34. The van der Waals surface area contributed by atoms with Gasteiger partial charge in [0.2, 0.25) is 23.6 Å². The molecule has 312 valence electrons. The summed E-state index contributed by atoms with van der Waals surface area (Å²) in [6, 6.07) is -1.93. The Balaban J connectivity index is 3.67. The molecule has 0 spiro atoms. The molecular formula is C36H65N5O13. The van der Waals surface area contributed by atoms with Gasteiger partial charge in [-0.2, -0.15) is 0 Å². The molecule has 0 aliphatic heterocycles. The van der Waals surface area contributed by atoms with Gasteiger partial charge in [0.25, 0.3) is 0 Å². The molecule has 0 unspecified atom stereocenters. The van der Waals surface area contributed by atoms with E-state index in [0.29, 0.717) is 104 Å². The predicted molar refractivity (Wildman–Crippen MR) is 198 cm³/mol. The van der Waals surface area contributed by atoms with Crippen LogP contribution < -0.4 is 26.6 Å². The molecule has 0 bridgehead atoms. The highest BCUT2D eigenvalue weighted by Crippen LogP contribution is 2.09. The minimum absolute atomic E-state index is 0.0298. The Morgan fingerprint density at radius 2 is 0.889 bits per heavy atom. The summed E-state index contributed by atoms with van der Waals surface area (Å²) in [6.45, 7) is 3.73. The molecule has 0 aliphatic rings. The third kappa shape index (κ3) is 32.8. The maximum absolute atomic E-state index is 12.2. The summed E-state index contributed by atoms with van der Waals surface area (Å²) in [5, 5.41) is 40.3. The molecule has 2 atom stereocenters. The first-order valence-corrected chi connectivity index (χ1v) is 19.1. The van der Waals surface area contributed by atoms with Crippen molar-refractivity contribution >= 4 is 41.5 Å². The van der Waals surface area contributed by atoms with Crippen molar-refractivity contribution in [3.8, 4) is 0 Å². The quantitative estimate of drug-likeness (QED) is 0.0412. The maximum Gasteiger partial charge on any atom is 0.326 e. The number of ether oxygens (including phenoxy) is 3. The van der Waals surface area contributed by atoms with Gasteiger partial charge < -0.3 is 56.1 Å². The molecule has 0 aromatic rings. The molecule has 0 heterocycles. The monoisotopic (exact) mass is 775 g/mol. The first kappa shape index (κ1) is 50.1. The fourth-order valence-electron chi connectivity index (χ4n) is 5.00. The third-order valence-corrected chi connectivity index (χ3v) is 8.12. The first-order chi connectivity index (χ1) is 26.0. The highest BCUT2D eigenvalue weighted by atomic mass is 16.5. The van der Waals surface area contributed by atoms with Gasteiger partial charge in [-0.05, 0) is 58.4 Å². The van der Waals surface area contributed by atoms with Crippen LogP contribution in [0.15, 0.2) is 0 Å². The van der Waals surface area contributed by atoms with Crippen LogP contribution in [-0.2, 0) is 47.8 Å². The van der Waals surface area contributed by atoms with Crippen molar-refractivity contribution in [2.45, 2.75) is 121 Å². The highest BCUT2D eigenvalue weighted by Gasteiger charge is 2.21. The molecule has 0 fully saturated rings. The number of hydrogen-bond donors (Lipinski definition) is 8. The molecule has 0 aliphatic carbocycles. The fraction of sp³-hybridized carbons (Fsp3) is 0.806. The van der Waals surface area contributed by atoms with Crippen LogP contribution in [0.4, 0.5) is 0 Å². The number of rotatable bonds is 38. The fourth-order valence-corrected chi connectivity index (χ4v) is 5.00. The number of amides is 4. The second kappa shape index (κ2) is 34.9. The van der Waals surface area contributed by atoms with Crippen molar-refractivity contribution in [2.75, 3.05) is 66.3 Å². The zero-order valence-electron chi connectivity index (χ0n) is 32.0. The van der Waals surface area contributed by atoms with Gasteiger partial charge in [-0.25, -0.2) is 4.79 Å². The number of hydrogen-bond acceptors (Lipinski definition) is 11. The molecule has 0 radical (unpaired) electrons. The molecule has 0 saturated heterocycles. The van der Waals surface area contributed by atoms with Gasteiger partial charge in [0, 0.05) is 65.0 Å². The van der Waals surface area contributed by atoms with Crippen LogP contribution in [0.5, 0.6) is 0 Å². The van der Waals surface area contributed by atoms with E-state index in [-0.39, 0.29) is 49.8 Å². The van der Waals surface area contributed by atoms with E-state index in [1.807, 2.05) is 0 Å². The SMILES string of the molecule is CN[C@@H](CCCCNC(=O)CC[C@H](NC(=O)CCC(=O)NCCCOCCOCCOCCCNC(=O)CCCCCCCCC(=O)O)C(=O)O)C(=O)O. The second-order valence-electron chi connectivity index (χ2n) is 12.8. The summed E-state index contributed by atoms with van der Waals surface area (Å²) in [7, 11) is 1.56. The van der Waals surface area contributed by atoms with E-state index < -0.39 is 35.9 Å². The summed E-state index contributed by atoms with van der Waals surface area (Å²) in [4.78, 5) is 81.2. The molecule has 0 aromatic carbocycles. The van der Waals surface area contributed by atoms with E-state index in [1.165, 1.54) is 0 Å². The number of nitrogens with one attached hydrogen (secondary N) is 5. The number of carbonyl (C=O) groups is 7. The van der Waals surface area contributed by atoms with Crippen LogP contribution in [-0.4, -0.2) is 135 Å². The molecule has 18 nitrogen and oxygen atoms in total. The van der Waals surface area contributed by atoms with Gasteiger partial charge >= 0.3 is 17.9 Å². The van der Waals surface area contributed by atoms with Gasteiger partial charge in [-0.1, -0.05) is 25.7 Å². The van der Waals surface area contributed by atoms with E-state index in [1.54, 1.807) is 7.05 Å². The third-order valence-electron chi connectivity index (χ3n) is 8.12. The molecule has 4 amide bonds. The van der Waals surface area contributed by atoms with Crippen LogP contribution in [0, 0.1) is 0 Å². The minimum Gasteiger partial charge on any atom is -0.481 e. The topological polar surface area (TPSA) is 268 Å². The van der Waals surface area contributed by atoms with E-state index in [4.69, 9.17) is 24.4 Å². The molecule has 54 heavy (non-hydrogen) atoms. The number of unbranched alkanes of at least 4 members (excludes halogenated alkanes) is 6. The Morgan fingerprint density at radius 1 is 0.444 bits per heavy atom. The number of likely N-dealkylation sites (N-methyl/N-ethyl adjacent to an activating group) is 1. The van der Waals surface area contributed by atoms with E-state index in [2.05, 4.69) is 26.6 Å². The standard InChI is InChI=1S/C36H65N5O13/c1-37-28(35(48)49)12-8-9-19-38-31(43)16-15-29(36(50)51)41-33(45)18-17-32(44)40-21-11-23-53-25-27-54-26-24-52-22-10-20-39-30(42)13-6-4-2-3-5-7-14-34(46)47/h28-29,37H,2-27H2,1H3,(H,38,43)(H,39,42)(H,40,44)(H,41,45)(H,46,47)(H,48,49)(H,50,51)/t28-,29-/m0/s1. The number of carboxylic acids is 3. The van der Waals surface area contributed by atoms with Gasteiger partial charge in [-0.3, -0.25) is 28.8 Å². The van der Waals surface area contributed by atoms with Crippen LogP contribution in [0.25, 0.3) is 0 Å². The summed E-state index contributed by atoms with van der Waals surface area (Å²) in [5.41, 5.74) is 0. The summed E-state index contributed by atoms with van der Waals surface area (Å²) < 4.78 is 16.4. The van der Waals surface area contributed by atoms with Crippen molar-refractivity contribution in [1.29, 1.82) is 0 Å². The van der Waals surface area contributed by atoms with Gasteiger partial charge in [-0.15, -0.1) is 0 Å². The Kier molecular flexibility index (Phi) is 32.4. The Hall–Kier alpha value is -3.87. The molecule has 18 heteroatoms. The van der Waals surface area contributed by atoms with Gasteiger partial charge in [0.1, 0.15) is 12.1 Å². The molecule has 0 rings (SSSR count). The summed E-state index contributed by atoms with van der Waals surface area (Å²) >= 11 is 0. The zero-order valence-corrected chi connectivity index (χ0v) is 32.0. The Morgan fingerprint density at radius 3 is 1.41 bits per heavy atom. The second-order valence-corrected chi connectivity index (χ2v) is 12.8. The summed E-state index contributed by atoms with van der Waals surface area (Å²) in [5.74, 6) is -4.31. The van der Waals surface area contributed by atoms with Crippen molar-refractivity contribution in [3.05, 3.63) is 0 Å². The lowest BCUT2D eigenvalue weighted by molar-refractivity contribution is -0.142. The first-order valence-electron chi connectivity index (χ1n) is 19.1.